The molecule has 0 spiro atoms. The number of pyridine rings is 1. The second-order valence-corrected chi connectivity index (χ2v) is 17.5. The van der Waals surface area contributed by atoms with Gasteiger partial charge in [0.05, 0.1) is 67.4 Å². The Labute approximate surface area is 367 Å². The third kappa shape index (κ3) is 12.1. The summed E-state index contributed by atoms with van der Waals surface area (Å²) in [6.07, 6.45) is 1.90. The van der Waals surface area contributed by atoms with Crippen LogP contribution in [0.4, 0.5) is 21.9 Å². The highest BCUT2D eigenvalue weighted by atomic mass is 33.1. The fourth-order valence-electron chi connectivity index (χ4n) is 6.85. The van der Waals surface area contributed by atoms with Crippen LogP contribution < -0.4 is 24.8 Å². The zero-order chi connectivity index (χ0) is 45.1. The summed E-state index contributed by atoms with van der Waals surface area (Å²) in [6.45, 7) is 13.3. The molecule has 3 atom stereocenters. The molecule has 2 aliphatic heterocycles. The summed E-state index contributed by atoms with van der Waals surface area (Å²) in [7, 11) is 2.77. The molecule has 0 radical (unpaired) electrons. The van der Waals surface area contributed by atoms with Crippen molar-refractivity contribution in [2.75, 3.05) is 63.8 Å². The second kappa shape index (κ2) is 22.0. The van der Waals surface area contributed by atoms with E-state index in [0.29, 0.717) is 48.6 Å². The number of nitrogens with one attached hydrogen (secondary N) is 2. The van der Waals surface area contributed by atoms with Crippen molar-refractivity contribution in [2.45, 2.75) is 62.3 Å². The topological polar surface area (TPSA) is 235 Å². The molecule has 3 amide bonds. The highest BCUT2D eigenvalue weighted by Gasteiger charge is 2.34. The second-order valence-electron chi connectivity index (χ2n) is 14.8. The minimum atomic E-state index is -1.01. The summed E-state index contributed by atoms with van der Waals surface area (Å²) in [5.41, 5.74) is 2.87. The smallest absolute Gasteiger partial charge is 0.411 e. The number of ether oxygens (including phenoxy) is 4. The lowest BCUT2D eigenvalue weighted by atomic mass is 9.87. The number of rotatable bonds is 20. The van der Waals surface area contributed by atoms with Crippen molar-refractivity contribution in [3.8, 4) is 17.2 Å². The van der Waals surface area contributed by atoms with Gasteiger partial charge in [-0.15, -0.1) is 0 Å². The largest absolute Gasteiger partial charge is 0.493 e. The molecule has 2 saturated heterocycles. The predicted molar refractivity (Wildman–Crippen MR) is 237 cm³/mol. The molecule has 2 aliphatic rings. The van der Waals surface area contributed by atoms with E-state index in [9.17, 15) is 39.7 Å². The van der Waals surface area contributed by atoms with E-state index in [0.717, 1.165) is 21.9 Å². The number of carbonyl (C=O) groups is 3. The number of nitro groups is 1. The summed E-state index contributed by atoms with van der Waals surface area (Å²) < 4.78 is 23.2. The number of carbonyl (C=O) groups excluding carboxylic acids is 3. The molecule has 3 aromatic rings. The SMILES string of the molecule is C=C1C[C@@H](CO)N(C(=O)c2cc(OC)c(OCCCOc3cc(NC(=O)OC[C@@H](C)SSc4ncccc4[N+](=O)[O-])c(C(=O)N4CC(=C)C[C@H]4CO)cc3C)cc2NB(C)O)C1. The third-order valence-corrected chi connectivity index (χ3v) is 12.6. The van der Waals surface area contributed by atoms with E-state index in [1.807, 2.05) is 0 Å². The van der Waals surface area contributed by atoms with Gasteiger partial charge in [0.25, 0.3) is 11.8 Å². The predicted octanol–water partition coefficient (Wildman–Crippen LogP) is 5.58. The summed E-state index contributed by atoms with van der Waals surface area (Å²) >= 11 is 0. The Morgan fingerprint density at radius 3 is 2.16 bits per heavy atom. The van der Waals surface area contributed by atoms with Crippen molar-refractivity contribution in [1.82, 2.24) is 14.8 Å². The molecule has 21 heteroatoms. The van der Waals surface area contributed by atoms with Gasteiger partial charge in [-0.25, -0.2) is 9.78 Å². The normalized spacial score (nSPS) is 16.5. The van der Waals surface area contributed by atoms with Gasteiger partial charge in [0.2, 0.25) is 0 Å². The molecule has 0 saturated carbocycles. The maximum atomic E-state index is 13.9. The van der Waals surface area contributed by atoms with Crippen molar-refractivity contribution in [1.29, 1.82) is 0 Å². The number of aliphatic hydroxyl groups is 2. The number of aliphatic hydroxyl groups excluding tert-OH is 2. The molecule has 1 aromatic heterocycles. The van der Waals surface area contributed by atoms with Gasteiger partial charge in [-0.2, -0.15) is 0 Å². The van der Waals surface area contributed by atoms with Crippen LogP contribution in [0.5, 0.6) is 17.2 Å². The van der Waals surface area contributed by atoms with E-state index >= 15 is 0 Å². The van der Waals surface area contributed by atoms with Crippen molar-refractivity contribution in [2.24, 2.45) is 0 Å². The Balaban J connectivity index is 1.26. The van der Waals surface area contributed by atoms with Gasteiger partial charge >= 0.3 is 18.8 Å². The molecular formula is C41H51BN6O12S2. The van der Waals surface area contributed by atoms with Crippen molar-refractivity contribution in [3.05, 3.63) is 93.7 Å². The number of anilines is 2. The van der Waals surface area contributed by atoms with Gasteiger partial charge in [-0.3, -0.25) is 25.0 Å². The average Bonchev–Trinajstić information content (AvgIpc) is 3.83. The first-order valence-electron chi connectivity index (χ1n) is 19.7. The van der Waals surface area contributed by atoms with Gasteiger partial charge in [-0.05, 0) is 68.1 Å². The van der Waals surface area contributed by atoms with Gasteiger partial charge in [0.15, 0.2) is 16.5 Å². The Kier molecular flexibility index (Phi) is 16.9. The summed E-state index contributed by atoms with van der Waals surface area (Å²) in [5.74, 6) is 0.150. The van der Waals surface area contributed by atoms with E-state index in [1.165, 1.54) is 65.0 Å². The maximum Gasteiger partial charge on any atom is 0.411 e. The lowest BCUT2D eigenvalue weighted by molar-refractivity contribution is -0.388. The molecule has 5 rings (SSSR count). The van der Waals surface area contributed by atoms with Crippen molar-refractivity contribution in [3.63, 3.8) is 0 Å². The Morgan fingerprint density at radius 2 is 1.58 bits per heavy atom. The number of hydrogen-bond acceptors (Lipinski definition) is 16. The van der Waals surface area contributed by atoms with E-state index in [1.54, 1.807) is 26.0 Å². The molecular weight excluding hydrogens is 843 g/mol. The van der Waals surface area contributed by atoms with E-state index < -0.39 is 36.1 Å². The highest BCUT2D eigenvalue weighted by Crippen LogP contribution is 2.39. The molecule has 18 nitrogen and oxygen atoms in total. The summed E-state index contributed by atoms with van der Waals surface area (Å²) in [6, 6.07) is 8.16. The molecule has 0 aliphatic carbocycles. The first-order valence-corrected chi connectivity index (χ1v) is 22.0. The van der Waals surface area contributed by atoms with Crippen molar-refractivity contribution >= 4 is 63.6 Å². The fourth-order valence-corrected chi connectivity index (χ4v) is 8.88. The van der Waals surface area contributed by atoms with Crippen LogP contribution in [0.25, 0.3) is 0 Å². The summed E-state index contributed by atoms with van der Waals surface area (Å²) in [4.78, 5) is 58.7. The number of aromatic nitrogens is 1. The van der Waals surface area contributed by atoms with Crippen LogP contribution in [0.15, 0.2) is 71.9 Å². The van der Waals surface area contributed by atoms with Crippen LogP contribution in [0.3, 0.4) is 0 Å². The molecule has 5 N–H and O–H groups in total. The number of amides is 3. The van der Waals surface area contributed by atoms with Crippen LogP contribution in [-0.4, -0.2) is 130 Å². The van der Waals surface area contributed by atoms with Gasteiger partial charge in [-0.1, -0.05) is 35.1 Å². The average molecular weight is 895 g/mol. The van der Waals surface area contributed by atoms with Crippen LogP contribution in [-0.2, 0) is 4.74 Å². The molecule has 62 heavy (non-hydrogen) atoms. The van der Waals surface area contributed by atoms with Crippen LogP contribution in [0, 0.1) is 17.0 Å². The lowest BCUT2D eigenvalue weighted by Crippen LogP contribution is -2.38. The Hall–Kier alpha value is -5.48. The number of likely N-dealkylation sites (tertiary alicyclic amines) is 2. The van der Waals surface area contributed by atoms with Crippen molar-refractivity contribution < 1.29 is 53.5 Å². The number of methoxy groups -OCH3 is 1. The first-order chi connectivity index (χ1) is 29.6. The fraction of sp³-hybridized carbons (Fsp3) is 0.415. The summed E-state index contributed by atoms with van der Waals surface area (Å²) in [5, 5.41) is 46.9. The Bertz CT molecular complexity index is 2160. The minimum absolute atomic E-state index is 0.0691. The molecule has 3 heterocycles. The number of hydrogen-bond donors (Lipinski definition) is 5. The number of nitrogens with zero attached hydrogens (tertiary/aromatic N) is 4. The van der Waals surface area contributed by atoms with E-state index in [-0.39, 0.29) is 84.0 Å². The molecule has 2 aromatic carbocycles. The molecule has 332 valence electrons. The first kappa shape index (κ1) is 47.6. The third-order valence-electron chi connectivity index (χ3n) is 9.83. The quantitative estimate of drug-likeness (QED) is 0.0233. The minimum Gasteiger partial charge on any atom is -0.493 e. The van der Waals surface area contributed by atoms with Gasteiger partial charge < -0.3 is 49.2 Å². The zero-order valence-corrected chi connectivity index (χ0v) is 36.6. The monoisotopic (exact) mass is 894 g/mol. The van der Waals surface area contributed by atoms with Crippen LogP contribution in [0.2, 0.25) is 6.82 Å². The van der Waals surface area contributed by atoms with Crippen LogP contribution >= 0.6 is 21.6 Å². The highest BCUT2D eigenvalue weighted by molar-refractivity contribution is 8.77. The van der Waals surface area contributed by atoms with Crippen LogP contribution in [0.1, 0.15) is 52.5 Å². The number of aryl methyl sites for hydroxylation is 1. The maximum absolute atomic E-state index is 13.9. The molecule has 0 bridgehead atoms. The zero-order valence-electron chi connectivity index (χ0n) is 35.0. The van der Waals surface area contributed by atoms with E-state index in [2.05, 4.69) is 28.7 Å². The standard InChI is InChI=1S/C41H51BN6O12S2/c1-24-13-28(21-49)46(19-24)39(51)30-15-26(3)35(17-32(30)44-41(53)60-23-27(4)61-62-38-34(48(55)56)9-7-10-43-38)58-11-8-12-59-37-18-33(45-42(5)54)31(16-36(37)57-6)40(52)47-20-25(2)14-29(47)22-50/h7,9-10,15-18,27-29,45,49-50,54H,1-2,8,11-14,19-23H2,3-6H3,(H,44,53)/t27-,28+,29+/m1/s1. The molecule has 0 unspecified atom stereocenters. The number of benzene rings is 2. The Morgan fingerprint density at radius 1 is 0.984 bits per heavy atom. The van der Waals surface area contributed by atoms with Gasteiger partial charge in [0, 0.05) is 54.8 Å². The molecule has 2 fully saturated rings. The lowest BCUT2D eigenvalue weighted by Gasteiger charge is -2.25. The van der Waals surface area contributed by atoms with E-state index in [4.69, 9.17) is 18.9 Å². The van der Waals surface area contributed by atoms with Gasteiger partial charge in [0.1, 0.15) is 12.4 Å².